The Kier molecular flexibility index (Phi) is 6.77. The summed E-state index contributed by atoms with van der Waals surface area (Å²) in [5.74, 6) is 1.75. The maximum atomic E-state index is 5.80. The van der Waals surface area contributed by atoms with Crippen LogP contribution in [-0.2, 0) is 4.43 Å². The SMILES string of the molecule is CCC(C)C(O[Si])(C(C)CC)C(C)CC. The highest BCUT2D eigenvalue weighted by atomic mass is 28.2. The molecule has 0 rings (SSSR count). The first kappa shape index (κ1) is 15.2. The molecule has 3 radical (unpaired) electrons. The summed E-state index contributed by atoms with van der Waals surface area (Å²) in [6, 6.07) is 0. The smallest absolute Gasteiger partial charge is 0.247 e. The predicted octanol–water partition coefficient (Wildman–Crippen LogP) is 3.96. The average Bonchev–Trinajstić information content (AvgIpc) is 2.29. The summed E-state index contributed by atoms with van der Waals surface area (Å²) in [6.07, 6.45) is 3.50. The fourth-order valence-corrected chi connectivity index (χ4v) is 3.32. The average molecular weight is 227 g/mol. The van der Waals surface area contributed by atoms with Crippen molar-refractivity contribution in [2.45, 2.75) is 66.4 Å². The molecule has 0 aliphatic rings. The first-order chi connectivity index (χ1) is 7.00. The van der Waals surface area contributed by atoms with Crippen LogP contribution in [0.25, 0.3) is 0 Å². The molecule has 0 aliphatic carbocycles. The van der Waals surface area contributed by atoms with E-state index in [1.54, 1.807) is 0 Å². The van der Waals surface area contributed by atoms with Crippen LogP contribution in [0.1, 0.15) is 60.8 Å². The fraction of sp³-hybridized carbons (Fsp3) is 1.00. The maximum Gasteiger partial charge on any atom is 0.247 e. The molecule has 0 heterocycles. The van der Waals surface area contributed by atoms with Crippen LogP contribution in [0.3, 0.4) is 0 Å². The Morgan fingerprint density at radius 3 is 1.27 bits per heavy atom. The Hall–Kier alpha value is 0.177. The van der Waals surface area contributed by atoms with Crippen molar-refractivity contribution in [1.82, 2.24) is 0 Å². The van der Waals surface area contributed by atoms with E-state index in [-0.39, 0.29) is 5.60 Å². The van der Waals surface area contributed by atoms with Gasteiger partial charge >= 0.3 is 0 Å². The quantitative estimate of drug-likeness (QED) is 0.598. The zero-order chi connectivity index (χ0) is 12.1. The summed E-state index contributed by atoms with van der Waals surface area (Å²) in [5.41, 5.74) is -0.0187. The molecule has 0 aliphatic heterocycles. The first-order valence-corrected chi connectivity index (χ1v) is 6.76. The molecule has 0 fully saturated rings. The van der Waals surface area contributed by atoms with E-state index in [0.29, 0.717) is 17.8 Å². The van der Waals surface area contributed by atoms with Crippen molar-refractivity contribution in [3.05, 3.63) is 0 Å². The van der Waals surface area contributed by atoms with Crippen LogP contribution in [0, 0.1) is 17.8 Å². The van der Waals surface area contributed by atoms with Gasteiger partial charge < -0.3 is 4.43 Å². The highest BCUT2D eigenvalue weighted by molar-refractivity contribution is 5.98. The van der Waals surface area contributed by atoms with E-state index in [2.05, 4.69) is 52.0 Å². The monoisotopic (exact) mass is 227 g/mol. The largest absolute Gasteiger partial charge is 0.412 e. The van der Waals surface area contributed by atoms with Gasteiger partial charge in [-0.05, 0) is 17.8 Å². The van der Waals surface area contributed by atoms with Gasteiger partial charge in [-0.2, -0.15) is 0 Å². The van der Waals surface area contributed by atoms with Crippen molar-refractivity contribution < 1.29 is 4.43 Å². The van der Waals surface area contributed by atoms with Crippen LogP contribution in [0.15, 0.2) is 0 Å². The van der Waals surface area contributed by atoms with E-state index in [0.717, 1.165) is 0 Å². The molecular formula is C13H27OSi. The maximum absolute atomic E-state index is 5.80. The zero-order valence-electron chi connectivity index (χ0n) is 11.3. The Balaban J connectivity index is 5.09. The van der Waals surface area contributed by atoms with Gasteiger partial charge in [0.05, 0.1) is 5.60 Å². The third-order valence-electron chi connectivity index (χ3n) is 4.32. The van der Waals surface area contributed by atoms with Gasteiger partial charge in [0.2, 0.25) is 10.5 Å². The Labute approximate surface area is 99.5 Å². The van der Waals surface area contributed by atoms with Crippen LogP contribution in [0.2, 0.25) is 0 Å². The van der Waals surface area contributed by atoms with Crippen molar-refractivity contribution in [2.75, 3.05) is 0 Å². The van der Waals surface area contributed by atoms with Crippen molar-refractivity contribution in [2.24, 2.45) is 17.8 Å². The second-order valence-electron chi connectivity index (χ2n) is 4.88. The molecule has 0 saturated carbocycles. The first-order valence-electron chi connectivity index (χ1n) is 6.35. The van der Waals surface area contributed by atoms with Gasteiger partial charge in [0.1, 0.15) is 0 Å². The molecule has 3 atom stereocenters. The zero-order valence-corrected chi connectivity index (χ0v) is 12.3. The van der Waals surface area contributed by atoms with Crippen LogP contribution >= 0.6 is 0 Å². The molecule has 0 spiro atoms. The molecule has 15 heavy (non-hydrogen) atoms. The summed E-state index contributed by atoms with van der Waals surface area (Å²) in [6.45, 7) is 13.6. The van der Waals surface area contributed by atoms with E-state index >= 15 is 0 Å². The molecule has 3 unspecified atom stereocenters. The van der Waals surface area contributed by atoms with E-state index < -0.39 is 0 Å². The minimum Gasteiger partial charge on any atom is -0.412 e. The van der Waals surface area contributed by atoms with Gasteiger partial charge in [-0.1, -0.05) is 60.8 Å². The molecule has 0 amide bonds. The summed E-state index contributed by atoms with van der Waals surface area (Å²) < 4.78 is 5.80. The summed E-state index contributed by atoms with van der Waals surface area (Å²) in [7, 11) is 3.35. The highest BCUT2D eigenvalue weighted by Crippen LogP contribution is 2.41. The molecule has 0 aromatic carbocycles. The van der Waals surface area contributed by atoms with Crippen molar-refractivity contribution in [3.63, 3.8) is 0 Å². The summed E-state index contributed by atoms with van der Waals surface area (Å²) >= 11 is 0. The molecule has 0 N–H and O–H groups in total. The molecule has 89 valence electrons. The lowest BCUT2D eigenvalue weighted by Crippen LogP contribution is -2.50. The molecule has 0 bridgehead atoms. The van der Waals surface area contributed by atoms with Gasteiger partial charge in [0, 0.05) is 0 Å². The summed E-state index contributed by atoms with van der Waals surface area (Å²) in [5, 5.41) is 0. The number of rotatable bonds is 7. The molecule has 0 aromatic heterocycles. The second-order valence-corrected chi connectivity index (χ2v) is 5.09. The molecule has 2 heteroatoms. The predicted molar refractivity (Wildman–Crippen MR) is 67.9 cm³/mol. The van der Waals surface area contributed by atoms with Crippen molar-refractivity contribution in [1.29, 1.82) is 0 Å². The van der Waals surface area contributed by atoms with Gasteiger partial charge in [-0.15, -0.1) is 0 Å². The van der Waals surface area contributed by atoms with E-state index in [1.807, 2.05) is 0 Å². The van der Waals surface area contributed by atoms with E-state index in [1.165, 1.54) is 19.3 Å². The minimum absolute atomic E-state index is 0.0187. The second kappa shape index (κ2) is 6.69. The topological polar surface area (TPSA) is 9.23 Å². The lowest BCUT2D eigenvalue weighted by Gasteiger charge is -2.47. The standard InChI is InChI=1S/C13H27OSi/c1-7-10(4)13(14-15,11(5)8-2)12(6)9-3/h10-12H,7-9H2,1-6H3. The van der Waals surface area contributed by atoms with Gasteiger partial charge in [-0.25, -0.2) is 0 Å². The van der Waals surface area contributed by atoms with Gasteiger partial charge in [0.25, 0.3) is 0 Å². The molecular weight excluding hydrogens is 200 g/mol. The number of hydrogen-bond acceptors (Lipinski definition) is 1. The van der Waals surface area contributed by atoms with Crippen LogP contribution in [0.4, 0.5) is 0 Å². The van der Waals surface area contributed by atoms with Crippen LogP contribution in [0.5, 0.6) is 0 Å². The third-order valence-corrected chi connectivity index (χ3v) is 4.68. The minimum atomic E-state index is -0.0187. The lowest BCUT2D eigenvalue weighted by molar-refractivity contribution is -0.0763. The highest BCUT2D eigenvalue weighted by Gasteiger charge is 2.43. The lowest BCUT2D eigenvalue weighted by atomic mass is 9.68. The fourth-order valence-electron chi connectivity index (χ4n) is 2.72. The Morgan fingerprint density at radius 1 is 0.867 bits per heavy atom. The van der Waals surface area contributed by atoms with Crippen LogP contribution in [-0.4, -0.2) is 16.1 Å². The van der Waals surface area contributed by atoms with Crippen molar-refractivity contribution >= 4 is 10.5 Å². The van der Waals surface area contributed by atoms with Crippen LogP contribution < -0.4 is 0 Å². The molecule has 1 nitrogen and oxygen atoms in total. The normalized spacial score (nSPS) is 21.8. The van der Waals surface area contributed by atoms with E-state index in [9.17, 15) is 0 Å². The van der Waals surface area contributed by atoms with Gasteiger partial charge in [-0.3, -0.25) is 0 Å². The molecule has 0 aromatic rings. The van der Waals surface area contributed by atoms with Crippen molar-refractivity contribution in [3.8, 4) is 0 Å². The Morgan fingerprint density at radius 2 is 1.13 bits per heavy atom. The Bertz CT molecular complexity index is 143. The third kappa shape index (κ3) is 2.85. The molecule has 0 saturated heterocycles. The van der Waals surface area contributed by atoms with Gasteiger partial charge in [0.15, 0.2) is 0 Å². The van der Waals surface area contributed by atoms with E-state index in [4.69, 9.17) is 4.43 Å². The number of hydrogen-bond donors (Lipinski definition) is 0. The summed E-state index contributed by atoms with van der Waals surface area (Å²) in [4.78, 5) is 0.